The minimum absolute atomic E-state index is 0. The fraction of sp³-hybridized carbons (Fsp3) is 0.400. The largest absolute Gasteiger partial charge is 0.459 e. The number of amides is 1. The molecule has 0 radical (unpaired) electrons. The number of carbonyl (C=O) groups excluding carboxylic acids is 1. The molecule has 0 aliphatic carbocycles. The van der Waals surface area contributed by atoms with Gasteiger partial charge in [-0.25, -0.2) is 0 Å². The first-order valence-corrected chi connectivity index (χ1v) is 6.63. The highest BCUT2D eigenvalue weighted by Crippen LogP contribution is 2.23. The summed E-state index contributed by atoms with van der Waals surface area (Å²) in [6.45, 7) is 2.79. The number of furan rings is 1. The third kappa shape index (κ3) is 4.25. The second kappa shape index (κ2) is 7.92. The third-order valence-corrected chi connectivity index (χ3v) is 3.08. The van der Waals surface area contributed by atoms with E-state index in [0.717, 1.165) is 29.7 Å². The Labute approximate surface area is 125 Å². The zero-order valence-corrected chi connectivity index (χ0v) is 12.6. The van der Waals surface area contributed by atoms with Crippen LogP contribution in [-0.4, -0.2) is 19.5 Å². The molecule has 4 nitrogen and oxygen atoms in total. The molecule has 1 amide bonds. The second-order valence-corrected chi connectivity index (χ2v) is 4.68. The van der Waals surface area contributed by atoms with Crippen LogP contribution >= 0.6 is 12.4 Å². The van der Waals surface area contributed by atoms with Crippen molar-refractivity contribution in [3.8, 4) is 0 Å². The van der Waals surface area contributed by atoms with Gasteiger partial charge in [-0.05, 0) is 39.1 Å². The van der Waals surface area contributed by atoms with Gasteiger partial charge in [0.25, 0.3) is 0 Å². The molecule has 0 saturated heterocycles. The summed E-state index contributed by atoms with van der Waals surface area (Å²) in [5, 5.41) is 7.05. The maximum atomic E-state index is 11.7. The lowest BCUT2D eigenvalue weighted by Gasteiger charge is -2.11. The number of fused-ring (bicyclic) bond motifs is 1. The van der Waals surface area contributed by atoms with Crippen LogP contribution in [0.4, 0.5) is 0 Å². The van der Waals surface area contributed by atoms with Crippen LogP contribution in [0.25, 0.3) is 11.0 Å². The lowest BCUT2D eigenvalue weighted by molar-refractivity contribution is -0.121. The van der Waals surface area contributed by atoms with E-state index in [1.165, 1.54) is 0 Å². The van der Waals surface area contributed by atoms with Gasteiger partial charge in [-0.3, -0.25) is 4.79 Å². The summed E-state index contributed by atoms with van der Waals surface area (Å²) >= 11 is 0. The van der Waals surface area contributed by atoms with Gasteiger partial charge < -0.3 is 15.1 Å². The molecule has 0 aliphatic heterocycles. The van der Waals surface area contributed by atoms with E-state index in [0.29, 0.717) is 6.42 Å². The van der Waals surface area contributed by atoms with Gasteiger partial charge in [0, 0.05) is 11.8 Å². The van der Waals surface area contributed by atoms with Gasteiger partial charge in [0.2, 0.25) is 5.91 Å². The molecule has 5 heteroatoms. The Bertz CT molecular complexity index is 521. The van der Waals surface area contributed by atoms with Crippen molar-refractivity contribution in [2.45, 2.75) is 25.8 Å². The van der Waals surface area contributed by atoms with Crippen molar-refractivity contribution >= 4 is 29.3 Å². The van der Waals surface area contributed by atoms with Gasteiger partial charge in [0.1, 0.15) is 11.3 Å². The van der Waals surface area contributed by atoms with Crippen molar-refractivity contribution in [1.29, 1.82) is 0 Å². The number of para-hydroxylation sites is 1. The van der Waals surface area contributed by atoms with E-state index in [9.17, 15) is 4.79 Å². The predicted octanol–water partition coefficient (Wildman–Crippen LogP) is 3.03. The summed E-state index contributed by atoms with van der Waals surface area (Å²) in [5.74, 6) is 0.853. The summed E-state index contributed by atoms with van der Waals surface area (Å²) in [4.78, 5) is 11.7. The first kappa shape index (κ1) is 16.5. The molecular weight excluding hydrogens is 276 g/mol. The molecule has 2 rings (SSSR count). The molecule has 1 aromatic carbocycles. The molecule has 1 unspecified atom stereocenters. The minimum atomic E-state index is -0.102. The van der Waals surface area contributed by atoms with E-state index in [1.807, 2.05) is 44.3 Å². The van der Waals surface area contributed by atoms with Crippen LogP contribution in [0.15, 0.2) is 34.7 Å². The molecule has 1 atom stereocenters. The molecule has 1 heterocycles. The number of halogens is 1. The van der Waals surface area contributed by atoms with Crippen molar-refractivity contribution in [2.75, 3.05) is 13.6 Å². The monoisotopic (exact) mass is 296 g/mol. The lowest BCUT2D eigenvalue weighted by atomic mass is 10.2. The maximum absolute atomic E-state index is 11.7. The molecule has 0 aliphatic rings. The Morgan fingerprint density at radius 1 is 1.35 bits per heavy atom. The van der Waals surface area contributed by atoms with Gasteiger partial charge in [-0.1, -0.05) is 18.2 Å². The average molecular weight is 297 g/mol. The van der Waals surface area contributed by atoms with E-state index in [-0.39, 0.29) is 24.4 Å². The van der Waals surface area contributed by atoms with Crippen molar-refractivity contribution in [2.24, 2.45) is 0 Å². The minimum Gasteiger partial charge on any atom is -0.459 e. The van der Waals surface area contributed by atoms with E-state index in [1.54, 1.807) is 0 Å². The SMILES string of the molecule is CNCCCC(=O)NC(C)c1cc2ccccc2o1.Cl. The number of hydrogen-bond acceptors (Lipinski definition) is 3. The summed E-state index contributed by atoms with van der Waals surface area (Å²) in [6.07, 6.45) is 1.38. The Morgan fingerprint density at radius 2 is 2.10 bits per heavy atom. The summed E-state index contributed by atoms with van der Waals surface area (Å²) in [5.41, 5.74) is 0.855. The van der Waals surface area contributed by atoms with Gasteiger partial charge in [0.05, 0.1) is 6.04 Å². The Hall–Kier alpha value is -1.52. The van der Waals surface area contributed by atoms with Gasteiger partial charge in [0.15, 0.2) is 0 Å². The van der Waals surface area contributed by atoms with Crippen LogP contribution in [0.3, 0.4) is 0 Å². The first-order chi connectivity index (χ1) is 9.20. The quantitative estimate of drug-likeness (QED) is 0.806. The lowest BCUT2D eigenvalue weighted by Crippen LogP contribution is -2.26. The molecular formula is C15H21ClN2O2. The molecule has 0 bridgehead atoms. The summed E-state index contributed by atoms with van der Waals surface area (Å²) in [7, 11) is 1.88. The molecule has 2 N–H and O–H groups in total. The fourth-order valence-corrected chi connectivity index (χ4v) is 2.03. The van der Waals surface area contributed by atoms with Gasteiger partial charge >= 0.3 is 0 Å². The predicted molar refractivity (Wildman–Crippen MR) is 83.2 cm³/mol. The number of carbonyl (C=O) groups is 1. The molecule has 2 aromatic rings. The molecule has 110 valence electrons. The number of hydrogen-bond donors (Lipinski definition) is 2. The summed E-state index contributed by atoms with van der Waals surface area (Å²) < 4.78 is 5.73. The van der Waals surface area contributed by atoms with Crippen molar-refractivity contribution in [3.63, 3.8) is 0 Å². The first-order valence-electron chi connectivity index (χ1n) is 6.63. The molecule has 0 spiro atoms. The van der Waals surface area contributed by atoms with Crippen LogP contribution in [0.1, 0.15) is 31.6 Å². The highest BCUT2D eigenvalue weighted by Gasteiger charge is 2.13. The molecule has 0 fully saturated rings. The van der Waals surface area contributed by atoms with E-state index in [4.69, 9.17) is 4.42 Å². The highest BCUT2D eigenvalue weighted by molar-refractivity contribution is 5.85. The molecule has 0 saturated carbocycles. The van der Waals surface area contributed by atoms with Gasteiger partial charge in [-0.2, -0.15) is 0 Å². The van der Waals surface area contributed by atoms with Crippen molar-refractivity contribution in [1.82, 2.24) is 10.6 Å². The Balaban J connectivity index is 0.00000200. The van der Waals surface area contributed by atoms with Crippen molar-refractivity contribution in [3.05, 3.63) is 36.1 Å². The third-order valence-electron chi connectivity index (χ3n) is 3.08. The number of rotatable bonds is 6. The average Bonchev–Trinajstić information content (AvgIpc) is 2.83. The van der Waals surface area contributed by atoms with E-state index in [2.05, 4.69) is 10.6 Å². The van der Waals surface area contributed by atoms with Gasteiger partial charge in [-0.15, -0.1) is 12.4 Å². The van der Waals surface area contributed by atoms with Crippen LogP contribution in [0.2, 0.25) is 0 Å². The zero-order chi connectivity index (χ0) is 13.7. The van der Waals surface area contributed by atoms with Crippen LogP contribution in [-0.2, 0) is 4.79 Å². The second-order valence-electron chi connectivity index (χ2n) is 4.68. The van der Waals surface area contributed by atoms with Crippen LogP contribution in [0.5, 0.6) is 0 Å². The fourth-order valence-electron chi connectivity index (χ4n) is 2.03. The molecule has 1 aromatic heterocycles. The van der Waals surface area contributed by atoms with Crippen LogP contribution in [0, 0.1) is 0 Å². The summed E-state index contributed by atoms with van der Waals surface area (Å²) in [6, 6.07) is 9.73. The number of nitrogens with one attached hydrogen (secondary N) is 2. The Morgan fingerprint density at radius 3 is 2.80 bits per heavy atom. The normalized spacial score (nSPS) is 11.9. The van der Waals surface area contributed by atoms with E-state index >= 15 is 0 Å². The number of benzene rings is 1. The van der Waals surface area contributed by atoms with E-state index < -0.39 is 0 Å². The maximum Gasteiger partial charge on any atom is 0.220 e. The van der Waals surface area contributed by atoms with Crippen LogP contribution < -0.4 is 10.6 Å². The Kier molecular flexibility index (Phi) is 6.55. The topological polar surface area (TPSA) is 54.3 Å². The van der Waals surface area contributed by atoms with Crippen molar-refractivity contribution < 1.29 is 9.21 Å². The smallest absolute Gasteiger partial charge is 0.220 e. The zero-order valence-electron chi connectivity index (χ0n) is 11.8. The highest BCUT2D eigenvalue weighted by atomic mass is 35.5. The molecule has 20 heavy (non-hydrogen) atoms. The standard InChI is InChI=1S/C15H20N2O2.ClH/c1-11(17-15(18)8-5-9-16-2)14-10-12-6-3-4-7-13(12)19-14;/h3-4,6-7,10-11,16H,5,8-9H2,1-2H3,(H,17,18);1H.